The Morgan fingerprint density at radius 3 is 2.61 bits per heavy atom. The van der Waals surface area contributed by atoms with E-state index in [-0.39, 0.29) is 11.3 Å². The van der Waals surface area contributed by atoms with Crippen LogP contribution in [0.15, 0.2) is 16.3 Å². The van der Waals surface area contributed by atoms with E-state index in [1.165, 1.54) is 22.0 Å². The Morgan fingerprint density at radius 2 is 2.04 bits per heavy atom. The molecule has 2 aromatic rings. The molecule has 0 aliphatic carbocycles. The van der Waals surface area contributed by atoms with Crippen LogP contribution in [0.4, 0.5) is 0 Å². The highest BCUT2D eigenvalue weighted by Gasteiger charge is 2.26. The summed E-state index contributed by atoms with van der Waals surface area (Å²) >= 11 is 3.25. The zero-order valence-electron chi connectivity index (χ0n) is 13.9. The summed E-state index contributed by atoms with van der Waals surface area (Å²) in [5.41, 5.74) is 3.62. The molecule has 3 heterocycles. The minimum Gasteiger partial charge on any atom is -0.337 e. The van der Waals surface area contributed by atoms with Gasteiger partial charge < -0.3 is 4.90 Å². The molecule has 0 spiro atoms. The van der Waals surface area contributed by atoms with Crippen LogP contribution in [0, 0.1) is 5.92 Å². The third-order valence-corrected chi connectivity index (χ3v) is 5.79. The van der Waals surface area contributed by atoms with Crippen LogP contribution in [0.1, 0.15) is 54.8 Å². The first kappa shape index (κ1) is 16.6. The molecule has 1 aliphatic heterocycles. The van der Waals surface area contributed by atoms with Crippen molar-refractivity contribution in [2.75, 3.05) is 13.1 Å². The van der Waals surface area contributed by atoms with Crippen molar-refractivity contribution < 1.29 is 4.79 Å². The van der Waals surface area contributed by atoms with E-state index >= 15 is 0 Å². The van der Waals surface area contributed by atoms with Crippen molar-refractivity contribution in [2.45, 2.75) is 45.4 Å². The van der Waals surface area contributed by atoms with Crippen LogP contribution in [0.3, 0.4) is 0 Å². The number of hydrogen-bond donors (Lipinski definition) is 0. The van der Waals surface area contributed by atoms with Crippen LogP contribution >= 0.6 is 22.7 Å². The quantitative estimate of drug-likeness (QED) is 0.841. The molecule has 6 heteroatoms. The van der Waals surface area contributed by atoms with Crippen LogP contribution in [0.2, 0.25) is 0 Å². The maximum Gasteiger partial charge on any atom is 0.273 e. The molecule has 0 unspecified atom stereocenters. The van der Waals surface area contributed by atoms with Gasteiger partial charge in [-0.05, 0) is 18.8 Å². The molecule has 0 aromatic carbocycles. The van der Waals surface area contributed by atoms with Gasteiger partial charge >= 0.3 is 0 Å². The van der Waals surface area contributed by atoms with Crippen molar-refractivity contribution in [3.8, 4) is 0 Å². The summed E-state index contributed by atoms with van der Waals surface area (Å²) in [6, 6.07) is 0. The van der Waals surface area contributed by atoms with Crippen molar-refractivity contribution in [1.29, 1.82) is 0 Å². The Morgan fingerprint density at radius 1 is 1.30 bits per heavy atom. The molecule has 2 aromatic heterocycles. The molecular weight excluding hydrogens is 326 g/mol. The minimum atomic E-state index is 0.0777. The fraction of sp³-hybridized carbons (Fsp3) is 0.588. The van der Waals surface area contributed by atoms with Gasteiger partial charge in [-0.3, -0.25) is 4.79 Å². The number of nitrogens with zero attached hydrogens (tertiary/aromatic N) is 3. The van der Waals surface area contributed by atoms with Crippen LogP contribution < -0.4 is 0 Å². The van der Waals surface area contributed by atoms with Crippen molar-refractivity contribution in [3.63, 3.8) is 0 Å². The standard InChI is InChI=1S/C17H23N3OS2/c1-17(2,3)14-10-23-15(19-14)8-12-4-6-20(7-5-12)16(21)13-9-22-11-18-13/h9-12H,4-8H2,1-3H3. The van der Waals surface area contributed by atoms with Crippen LogP contribution in [-0.4, -0.2) is 33.9 Å². The summed E-state index contributed by atoms with van der Waals surface area (Å²) in [5.74, 6) is 0.711. The summed E-state index contributed by atoms with van der Waals surface area (Å²) in [4.78, 5) is 23.2. The lowest BCUT2D eigenvalue weighted by molar-refractivity contribution is 0.0685. The summed E-state index contributed by atoms with van der Waals surface area (Å²) in [7, 11) is 0. The monoisotopic (exact) mass is 349 g/mol. The number of hydrogen-bond acceptors (Lipinski definition) is 5. The highest BCUT2D eigenvalue weighted by atomic mass is 32.1. The summed E-state index contributed by atoms with van der Waals surface area (Å²) in [5, 5.41) is 5.26. The smallest absolute Gasteiger partial charge is 0.273 e. The van der Waals surface area contributed by atoms with E-state index in [0.717, 1.165) is 32.4 Å². The van der Waals surface area contributed by atoms with Crippen molar-refractivity contribution in [1.82, 2.24) is 14.9 Å². The SMILES string of the molecule is CC(C)(C)c1csc(CC2CCN(C(=O)c3cscn3)CC2)n1. The summed E-state index contributed by atoms with van der Waals surface area (Å²) < 4.78 is 0. The third kappa shape index (κ3) is 3.98. The second-order valence-electron chi connectivity index (χ2n) is 7.19. The summed E-state index contributed by atoms with van der Waals surface area (Å²) in [6.07, 6.45) is 3.15. The highest BCUT2D eigenvalue weighted by Crippen LogP contribution is 2.28. The second-order valence-corrected chi connectivity index (χ2v) is 8.85. The van der Waals surface area contributed by atoms with Crippen LogP contribution in [-0.2, 0) is 11.8 Å². The first-order valence-corrected chi connectivity index (χ1v) is 9.88. The van der Waals surface area contributed by atoms with E-state index in [0.29, 0.717) is 11.6 Å². The lowest BCUT2D eigenvalue weighted by Gasteiger charge is -2.31. The first-order valence-electron chi connectivity index (χ1n) is 8.06. The van der Waals surface area contributed by atoms with Gasteiger partial charge in [0.25, 0.3) is 5.91 Å². The number of carbonyl (C=O) groups excluding carboxylic acids is 1. The van der Waals surface area contributed by atoms with Crippen molar-refractivity contribution in [2.24, 2.45) is 5.92 Å². The maximum absolute atomic E-state index is 12.3. The molecule has 1 saturated heterocycles. The van der Waals surface area contributed by atoms with Crippen LogP contribution in [0.25, 0.3) is 0 Å². The summed E-state index contributed by atoms with van der Waals surface area (Å²) in [6.45, 7) is 8.27. The van der Waals surface area contributed by atoms with Crippen LogP contribution in [0.5, 0.6) is 0 Å². The predicted molar refractivity (Wildman–Crippen MR) is 95.3 cm³/mol. The van der Waals surface area contributed by atoms with Gasteiger partial charge in [-0.1, -0.05) is 20.8 Å². The molecule has 0 N–H and O–H groups in total. The molecule has 3 rings (SSSR count). The molecule has 124 valence electrons. The van der Waals surface area contributed by atoms with Crippen molar-refractivity contribution >= 4 is 28.6 Å². The second kappa shape index (κ2) is 6.69. The molecule has 1 amide bonds. The van der Waals surface area contributed by atoms with Crippen molar-refractivity contribution in [3.05, 3.63) is 32.7 Å². The average molecular weight is 350 g/mol. The van der Waals surface area contributed by atoms with Gasteiger partial charge in [0, 0.05) is 35.7 Å². The van der Waals surface area contributed by atoms with Gasteiger partial charge in [0.05, 0.1) is 16.2 Å². The average Bonchev–Trinajstić information content (AvgIpc) is 3.18. The largest absolute Gasteiger partial charge is 0.337 e. The number of rotatable bonds is 3. The maximum atomic E-state index is 12.3. The van der Waals surface area contributed by atoms with Gasteiger partial charge in [-0.25, -0.2) is 9.97 Å². The first-order chi connectivity index (χ1) is 10.9. The topological polar surface area (TPSA) is 46.1 Å². The van der Waals surface area contributed by atoms with Gasteiger partial charge in [-0.2, -0.15) is 0 Å². The molecule has 4 nitrogen and oxygen atoms in total. The minimum absolute atomic E-state index is 0.0777. The molecular formula is C17H23N3OS2. The van der Waals surface area contributed by atoms with Gasteiger partial charge in [0.2, 0.25) is 0 Å². The third-order valence-electron chi connectivity index (χ3n) is 4.34. The van der Waals surface area contributed by atoms with E-state index < -0.39 is 0 Å². The molecule has 0 radical (unpaired) electrons. The Labute approximate surface area is 145 Å². The molecule has 0 atom stereocenters. The van der Waals surface area contributed by atoms with E-state index in [4.69, 9.17) is 4.98 Å². The lowest BCUT2D eigenvalue weighted by atomic mass is 9.92. The zero-order chi connectivity index (χ0) is 16.4. The molecule has 0 saturated carbocycles. The Bertz CT molecular complexity index is 650. The van der Waals surface area contributed by atoms with E-state index in [2.05, 4.69) is 31.1 Å². The zero-order valence-corrected chi connectivity index (χ0v) is 15.5. The Kier molecular flexibility index (Phi) is 4.82. The van der Waals surface area contributed by atoms with E-state index in [1.54, 1.807) is 16.8 Å². The fourth-order valence-corrected chi connectivity index (χ4v) is 4.48. The molecule has 1 fully saturated rings. The molecule has 0 bridgehead atoms. The van der Waals surface area contributed by atoms with Gasteiger partial charge in [-0.15, -0.1) is 22.7 Å². The number of thiazole rings is 2. The fourth-order valence-electron chi connectivity index (χ4n) is 2.82. The van der Waals surface area contributed by atoms with E-state index in [1.807, 2.05) is 10.3 Å². The molecule has 23 heavy (non-hydrogen) atoms. The Balaban J connectivity index is 1.53. The number of likely N-dealkylation sites (tertiary alicyclic amines) is 1. The van der Waals surface area contributed by atoms with Gasteiger partial charge in [0.1, 0.15) is 5.69 Å². The normalized spacial score (nSPS) is 16.7. The van der Waals surface area contributed by atoms with E-state index in [9.17, 15) is 4.79 Å². The predicted octanol–water partition coefficient (Wildman–Crippen LogP) is 3.99. The highest BCUT2D eigenvalue weighted by molar-refractivity contribution is 7.09. The molecule has 1 aliphatic rings. The number of aromatic nitrogens is 2. The number of piperidine rings is 1. The number of carbonyl (C=O) groups is 1. The van der Waals surface area contributed by atoms with Gasteiger partial charge in [0.15, 0.2) is 0 Å². The Hall–Kier alpha value is -1.27. The number of amides is 1. The lowest BCUT2D eigenvalue weighted by Crippen LogP contribution is -2.39.